The van der Waals surface area contributed by atoms with Crippen LogP contribution in [0.1, 0.15) is 18.3 Å². The quantitative estimate of drug-likeness (QED) is 0.357. The maximum absolute atomic E-state index is 6.22. The van der Waals surface area contributed by atoms with E-state index in [-0.39, 0.29) is 0 Å². The third kappa shape index (κ3) is 3.52. The van der Waals surface area contributed by atoms with E-state index in [2.05, 4.69) is 20.1 Å². The minimum atomic E-state index is 0.325. The number of fused-ring (bicyclic) bond motifs is 3. The number of pyridine rings is 1. The van der Waals surface area contributed by atoms with Crippen molar-refractivity contribution in [2.45, 2.75) is 20.0 Å². The van der Waals surface area contributed by atoms with Gasteiger partial charge in [0.15, 0.2) is 5.82 Å². The molecule has 31 heavy (non-hydrogen) atoms. The van der Waals surface area contributed by atoms with Crippen LogP contribution in [0.4, 0.5) is 0 Å². The molecular weight excluding hydrogens is 416 g/mol. The number of rotatable bonds is 6. The summed E-state index contributed by atoms with van der Waals surface area (Å²) in [7, 11) is 1.65. The summed E-state index contributed by atoms with van der Waals surface area (Å²) < 4.78 is 17.2. The Labute approximate surface area is 183 Å². The number of hydrogen-bond donors (Lipinski definition) is 1. The van der Waals surface area contributed by atoms with E-state index in [0.717, 1.165) is 27.4 Å². The fourth-order valence-electron chi connectivity index (χ4n) is 3.65. The molecule has 0 radical (unpaired) electrons. The number of halogens is 1. The molecule has 0 aliphatic rings. The Hall–Kier alpha value is -3.42. The number of nitrogens with zero attached hydrogens (tertiary/aromatic N) is 3. The van der Waals surface area contributed by atoms with Crippen molar-refractivity contribution in [3.05, 3.63) is 65.1 Å². The lowest BCUT2D eigenvalue weighted by Crippen LogP contribution is -1.97. The molecule has 0 fully saturated rings. The summed E-state index contributed by atoms with van der Waals surface area (Å²) in [5.41, 5.74) is 3.25. The van der Waals surface area contributed by atoms with Gasteiger partial charge in [-0.1, -0.05) is 29.7 Å². The maximum Gasteiger partial charge on any atom is 0.276 e. The zero-order valence-corrected chi connectivity index (χ0v) is 17.7. The van der Waals surface area contributed by atoms with Crippen LogP contribution in [0.5, 0.6) is 11.5 Å². The topological polar surface area (TPSA) is 86.1 Å². The van der Waals surface area contributed by atoms with Crippen molar-refractivity contribution in [2.24, 2.45) is 0 Å². The molecule has 5 rings (SSSR count). The van der Waals surface area contributed by atoms with Crippen LogP contribution in [-0.2, 0) is 17.8 Å². The summed E-state index contributed by atoms with van der Waals surface area (Å²) in [6.07, 6.45) is 2.45. The van der Waals surface area contributed by atoms with Crippen LogP contribution in [-0.4, -0.2) is 27.2 Å². The SMILES string of the molecule is CCc1noc(-c2ncc3[nH]c4cccc(Oc5ccc(Cl)cc5)c4c3c2COC)n1. The Morgan fingerprint density at radius 1 is 1.06 bits per heavy atom. The molecule has 5 aromatic rings. The van der Waals surface area contributed by atoms with Crippen molar-refractivity contribution in [1.29, 1.82) is 0 Å². The Balaban J connectivity index is 1.74. The summed E-state index contributed by atoms with van der Waals surface area (Å²) in [4.78, 5) is 12.5. The predicted molar refractivity (Wildman–Crippen MR) is 119 cm³/mol. The molecular formula is C23H19ClN4O3. The number of ether oxygens (including phenoxy) is 2. The van der Waals surface area contributed by atoms with E-state index in [9.17, 15) is 0 Å². The molecule has 3 aromatic heterocycles. The molecule has 0 saturated heterocycles. The zero-order chi connectivity index (χ0) is 21.4. The van der Waals surface area contributed by atoms with E-state index in [1.54, 1.807) is 25.4 Å². The molecule has 0 unspecified atom stereocenters. The van der Waals surface area contributed by atoms with Crippen molar-refractivity contribution in [1.82, 2.24) is 20.1 Å². The summed E-state index contributed by atoms with van der Waals surface area (Å²) >= 11 is 6.01. The smallest absolute Gasteiger partial charge is 0.276 e. The monoisotopic (exact) mass is 434 g/mol. The highest BCUT2D eigenvalue weighted by Crippen LogP contribution is 2.39. The van der Waals surface area contributed by atoms with E-state index in [0.29, 0.717) is 47.0 Å². The minimum absolute atomic E-state index is 0.325. The van der Waals surface area contributed by atoms with Gasteiger partial charge in [-0.15, -0.1) is 0 Å². The Morgan fingerprint density at radius 2 is 1.90 bits per heavy atom. The first kappa shape index (κ1) is 19.5. The second-order valence-electron chi connectivity index (χ2n) is 7.04. The standard InChI is InChI=1S/C23H19ClN4O3/c1-3-19-27-23(31-28-19)22-15(12-29-2)20-17(11-25-22)26-16-5-4-6-18(21(16)20)30-14-9-7-13(24)8-10-14/h4-11,26H,3,12H2,1-2H3. The third-order valence-corrected chi connectivity index (χ3v) is 5.29. The molecule has 3 heterocycles. The predicted octanol–water partition coefficient (Wildman–Crippen LogP) is 5.92. The number of aromatic amines is 1. The van der Waals surface area contributed by atoms with Gasteiger partial charge in [0.1, 0.15) is 17.2 Å². The molecule has 8 heteroatoms. The molecule has 0 aliphatic heterocycles. The summed E-state index contributed by atoms with van der Waals surface area (Å²) in [6.45, 7) is 2.30. The molecule has 7 nitrogen and oxygen atoms in total. The first-order valence-electron chi connectivity index (χ1n) is 9.85. The first-order chi connectivity index (χ1) is 15.2. The molecule has 0 atom stereocenters. The van der Waals surface area contributed by atoms with Gasteiger partial charge in [0.25, 0.3) is 5.89 Å². The number of nitrogens with one attached hydrogen (secondary N) is 1. The number of benzene rings is 2. The van der Waals surface area contributed by atoms with Crippen LogP contribution in [0.2, 0.25) is 5.02 Å². The Kier molecular flexibility index (Phi) is 5.05. The van der Waals surface area contributed by atoms with Gasteiger partial charge in [-0.2, -0.15) is 4.98 Å². The normalized spacial score (nSPS) is 11.5. The van der Waals surface area contributed by atoms with Crippen molar-refractivity contribution in [3.63, 3.8) is 0 Å². The van der Waals surface area contributed by atoms with Crippen molar-refractivity contribution >= 4 is 33.4 Å². The van der Waals surface area contributed by atoms with Gasteiger partial charge in [-0.3, -0.25) is 0 Å². The minimum Gasteiger partial charge on any atom is -0.457 e. The Morgan fingerprint density at radius 3 is 2.65 bits per heavy atom. The highest BCUT2D eigenvalue weighted by molar-refractivity contribution is 6.30. The van der Waals surface area contributed by atoms with Crippen molar-refractivity contribution in [2.75, 3.05) is 7.11 Å². The van der Waals surface area contributed by atoms with Crippen LogP contribution in [0.3, 0.4) is 0 Å². The van der Waals surface area contributed by atoms with Gasteiger partial charge < -0.3 is 19.0 Å². The fourth-order valence-corrected chi connectivity index (χ4v) is 3.77. The number of H-pyrrole nitrogens is 1. The molecule has 156 valence electrons. The van der Waals surface area contributed by atoms with Gasteiger partial charge in [-0.25, -0.2) is 4.98 Å². The summed E-state index contributed by atoms with van der Waals surface area (Å²) in [5.74, 6) is 2.40. The van der Waals surface area contributed by atoms with Crippen LogP contribution < -0.4 is 4.74 Å². The van der Waals surface area contributed by atoms with Gasteiger partial charge >= 0.3 is 0 Å². The molecule has 0 aliphatic carbocycles. The van der Waals surface area contributed by atoms with Crippen molar-refractivity contribution in [3.8, 4) is 23.1 Å². The highest BCUT2D eigenvalue weighted by Gasteiger charge is 2.21. The maximum atomic E-state index is 6.22. The van der Waals surface area contributed by atoms with E-state index >= 15 is 0 Å². The van der Waals surface area contributed by atoms with Crippen LogP contribution in [0.25, 0.3) is 33.4 Å². The zero-order valence-electron chi connectivity index (χ0n) is 17.0. The largest absolute Gasteiger partial charge is 0.457 e. The van der Waals surface area contributed by atoms with Crippen LogP contribution in [0, 0.1) is 0 Å². The van der Waals surface area contributed by atoms with Crippen LogP contribution >= 0.6 is 11.6 Å². The van der Waals surface area contributed by atoms with E-state index < -0.39 is 0 Å². The van der Waals surface area contributed by atoms with Gasteiger partial charge in [0.05, 0.1) is 29.2 Å². The molecule has 0 amide bonds. The average molecular weight is 435 g/mol. The third-order valence-electron chi connectivity index (χ3n) is 5.04. The molecule has 0 saturated carbocycles. The van der Waals surface area contributed by atoms with Crippen LogP contribution in [0.15, 0.2) is 53.2 Å². The summed E-state index contributed by atoms with van der Waals surface area (Å²) in [6, 6.07) is 13.1. The number of hydrogen-bond acceptors (Lipinski definition) is 6. The van der Waals surface area contributed by atoms with Crippen molar-refractivity contribution < 1.29 is 14.0 Å². The highest BCUT2D eigenvalue weighted by atomic mass is 35.5. The summed E-state index contributed by atoms with van der Waals surface area (Å²) in [5, 5.41) is 6.54. The lowest BCUT2D eigenvalue weighted by atomic mass is 10.0. The lowest BCUT2D eigenvalue weighted by Gasteiger charge is -2.10. The van der Waals surface area contributed by atoms with E-state index in [1.807, 2.05) is 37.3 Å². The number of aryl methyl sites for hydroxylation is 1. The van der Waals surface area contributed by atoms with E-state index in [1.165, 1.54) is 0 Å². The molecule has 2 aromatic carbocycles. The molecule has 0 bridgehead atoms. The van der Waals surface area contributed by atoms with Gasteiger partial charge in [0.2, 0.25) is 0 Å². The molecule has 0 spiro atoms. The Bertz CT molecular complexity index is 1380. The lowest BCUT2D eigenvalue weighted by molar-refractivity contribution is 0.186. The second kappa shape index (κ2) is 8.02. The fraction of sp³-hybridized carbons (Fsp3) is 0.174. The number of methoxy groups -OCH3 is 1. The average Bonchev–Trinajstić information content (AvgIpc) is 3.41. The van der Waals surface area contributed by atoms with E-state index in [4.69, 9.17) is 25.6 Å². The molecule has 1 N–H and O–H groups in total. The first-order valence-corrected chi connectivity index (χ1v) is 10.2. The van der Waals surface area contributed by atoms with Gasteiger partial charge in [0, 0.05) is 29.5 Å². The van der Waals surface area contributed by atoms with Gasteiger partial charge in [-0.05, 0) is 36.4 Å². The number of aromatic nitrogens is 4. The second-order valence-corrected chi connectivity index (χ2v) is 7.47.